The summed E-state index contributed by atoms with van der Waals surface area (Å²) in [5.74, 6) is 0.0599. The number of hydrogen-bond acceptors (Lipinski definition) is 5. The van der Waals surface area contributed by atoms with Crippen LogP contribution in [0.4, 0.5) is 0 Å². The van der Waals surface area contributed by atoms with E-state index in [0.29, 0.717) is 17.8 Å². The number of carbonyl (C=O) groups excluding carboxylic acids is 1. The Morgan fingerprint density at radius 1 is 0.962 bits per heavy atom. The molecule has 144 valence electrons. The Bertz CT molecular complexity index is 589. The molecule has 26 heavy (non-hydrogen) atoms. The number of hydrogen-bond donors (Lipinski definition) is 1. The largest absolute Gasteiger partial charge is 0.336 e. The lowest BCUT2D eigenvalue weighted by Crippen LogP contribution is -2.50. The molecule has 1 atom stereocenters. The lowest BCUT2D eigenvalue weighted by Gasteiger charge is -2.38. The minimum atomic E-state index is 0.0599. The van der Waals surface area contributed by atoms with Crippen LogP contribution in [0.3, 0.4) is 0 Å². The fourth-order valence-electron chi connectivity index (χ4n) is 4.68. The molecule has 0 radical (unpaired) electrons. The second-order valence-corrected chi connectivity index (χ2v) is 8.06. The van der Waals surface area contributed by atoms with E-state index in [-0.39, 0.29) is 5.91 Å². The molecule has 1 aromatic heterocycles. The highest BCUT2D eigenvalue weighted by Gasteiger charge is 2.30. The highest BCUT2D eigenvalue weighted by Crippen LogP contribution is 2.22. The van der Waals surface area contributed by atoms with Crippen molar-refractivity contribution in [1.29, 1.82) is 0 Å². The topological polar surface area (TPSA) is 66.3 Å². The predicted octanol–water partition coefficient (Wildman–Crippen LogP) is 1.68. The minimum absolute atomic E-state index is 0.0599. The van der Waals surface area contributed by atoms with Crippen LogP contribution in [0.25, 0.3) is 0 Å². The Morgan fingerprint density at radius 2 is 1.73 bits per heavy atom. The molecule has 0 spiro atoms. The van der Waals surface area contributed by atoms with Gasteiger partial charge in [0.15, 0.2) is 5.69 Å². The van der Waals surface area contributed by atoms with Gasteiger partial charge < -0.3 is 10.2 Å². The number of nitrogens with one attached hydrogen (secondary N) is 1. The number of likely N-dealkylation sites (tertiary alicyclic amines) is 2. The van der Waals surface area contributed by atoms with Gasteiger partial charge in [-0.25, -0.2) is 4.68 Å². The van der Waals surface area contributed by atoms with Crippen molar-refractivity contribution in [2.24, 2.45) is 0 Å². The minimum Gasteiger partial charge on any atom is -0.336 e. The van der Waals surface area contributed by atoms with Crippen molar-refractivity contribution < 1.29 is 4.79 Å². The van der Waals surface area contributed by atoms with Gasteiger partial charge in [0.25, 0.3) is 5.91 Å². The maximum atomic E-state index is 13.0. The van der Waals surface area contributed by atoms with Gasteiger partial charge in [-0.2, -0.15) is 0 Å². The fraction of sp³-hybridized carbons (Fsp3) is 0.842. The van der Waals surface area contributed by atoms with Crippen molar-refractivity contribution in [3.05, 3.63) is 11.9 Å². The summed E-state index contributed by atoms with van der Waals surface area (Å²) in [5, 5.41) is 11.8. The van der Waals surface area contributed by atoms with Gasteiger partial charge in [0.05, 0.1) is 12.2 Å². The van der Waals surface area contributed by atoms with Gasteiger partial charge in [0, 0.05) is 19.1 Å². The van der Waals surface area contributed by atoms with Gasteiger partial charge >= 0.3 is 0 Å². The molecule has 7 heteroatoms. The molecule has 4 rings (SSSR count). The van der Waals surface area contributed by atoms with E-state index in [2.05, 4.69) is 20.5 Å². The van der Waals surface area contributed by atoms with Crippen LogP contribution in [0.15, 0.2) is 6.20 Å². The molecule has 0 aromatic carbocycles. The third-order valence-electron chi connectivity index (χ3n) is 6.25. The van der Waals surface area contributed by atoms with E-state index < -0.39 is 0 Å². The zero-order chi connectivity index (χ0) is 17.8. The Balaban J connectivity index is 1.38. The molecular formula is C19H32N6O. The van der Waals surface area contributed by atoms with Crippen LogP contribution in [-0.2, 0) is 0 Å². The van der Waals surface area contributed by atoms with E-state index in [0.717, 1.165) is 45.4 Å². The Morgan fingerprint density at radius 3 is 2.50 bits per heavy atom. The first kappa shape index (κ1) is 17.9. The molecular weight excluding hydrogens is 328 g/mol. The fourth-order valence-corrected chi connectivity index (χ4v) is 4.68. The van der Waals surface area contributed by atoms with Gasteiger partial charge in [-0.15, -0.1) is 5.10 Å². The molecule has 0 unspecified atom stereocenters. The molecule has 7 nitrogen and oxygen atoms in total. The standard InChI is InChI=1S/C19H32N6O/c26-19(18-15-25(22-21-18)16-7-9-20-10-8-16)24-13-5-6-17(14-24)23-11-3-1-2-4-12-23/h15-17,20H,1-14H2/t17-/m0/s1. The number of rotatable bonds is 3. The monoisotopic (exact) mass is 360 g/mol. The number of nitrogens with zero attached hydrogens (tertiary/aromatic N) is 5. The van der Waals surface area contributed by atoms with Gasteiger partial charge in [-0.3, -0.25) is 9.69 Å². The summed E-state index contributed by atoms with van der Waals surface area (Å²) >= 11 is 0. The Labute approximate surface area is 156 Å². The molecule has 3 aliphatic rings. The lowest BCUT2D eigenvalue weighted by molar-refractivity contribution is 0.0573. The summed E-state index contributed by atoms with van der Waals surface area (Å²) in [5.41, 5.74) is 0.514. The molecule has 4 heterocycles. The van der Waals surface area contributed by atoms with E-state index in [1.54, 1.807) is 0 Å². The highest BCUT2D eigenvalue weighted by molar-refractivity contribution is 5.92. The van der Waals surface area contributed by atoms with E-state index in [9.17, 15) is 4.79 Å². The molecule has 3 saturated heterocycles. The summed E-state index contributed by atoms with van der Waals surface area (Å²) in [6.45, 7) is 6.11. The third kappa shape index (κ3) is 4.09. The molecule has 3 aliphatic heterocycles. The number of carbonyl (C=O) groups is 1. The summed E-state index contributed by atoms with van der Waals surface area (Å²) in [4.78, 5) is 17.6. The lowest BCUT2D eigenvalue weighted by atomic mass is 10.0. The second kappa shape index (κ2) is 8.48. The number of aromatic nitrogens is 3. The van der Waals surface area contributed by atoms with E-state index >= 15 is 0 Å². The molecule has 0 saturated carbocycles. The summed E-state index contributed by atoms with van der Waals surface area (Å²) in [6, 6.07) is 0.891. The first-order valence-electron chi connectivity index (χ1n) is 10.5. The first-order chi connectivity index (χ1) is 12.8. The predicted molar refractivity (Wildman–Crippen MR) is 100 cm³/mol. The van der Waals surface area contributed by atoms with Gasteiger partial charge in [-0.1, -0.05) is 18.1 Å². The average molecular weight is 361 g/mol. The zero-order valence-corrected chi connectivity index (χ0v) is 15.8. The normalized spacial score (nSPS) is 26.6. The van der Waals surface area contributed by atoms with Crippen molar-refractivity contribution in [3.63, 3.8) is 0 Å². The number of amides is 1. The summed E-state index contributed by atoms with van der Waals surface area (Å²) in [7, 11) is 0. The summed E-state index contributed by atoms with van der Waals surface area (Å²) < 4.78 is 1.91. The summed E-state index contributed by atoms with van der Waals surface area (Å²) in [6.07, 6.45) is 11.6. The van der Waals surface area contributed by atoms with E-state index in [1.807, 2.05) is 15.8 Å². The molecule has 1 amide bonds. The molecule has 0 bridgehead atoms. The van der Waals surface area contributed by atoms with Crippen LogP contribution in [0, 0.1) is 0 Å². The van der Waals surface area contributed by atoms with Crippen LogP contribution in [0.2, 0.25) is 0 Å². The van der Waals surface area contributed by atoms with E-state index in [4.69, 9.17) is 0 Å². The van der Waals surface area contributed by atoms with Crippen molar-refractivity contribution >= 4 is 5.91 Å². The molecule has 1 N–H and O–H groups in total. The maximum Gasteiger partial charge on any atom is 0.276 e. The van der Waals surface area contributed by atoms with Crippen molar-refractivity contribution in [3.8, 4) is 0 Å². The van der Waals surface area contributed by atoms with Gasteiger partial charge in [0.1, 0.15) is 0 Å². The SMILES string of the molecule is O=C(c1cn(C2CCNCC2)nn1)N1CCC[C@H](N2CCCCCC2)C1. The molecule has 0 aliphatic carbocycles. The molecule has 3 fully saturated rings. The smallest absolute Gasteiger partial charge is 0.276 e. The average Bonchev–Trinajstić information content (AvgIpc) is 3.03. The van der Waals surface area contributed by atoms with Crippen LogP contribution < -0.4 is 5.32 Å². The highest BCUT2D eigenvalue weighted by atomic mass is 16.2. The maximum absolute atomic E-state index is 13.0. The molecule has 1 aromatic rings. The third-order valence-corrected chi connectivity index (χ3v) is 6.25. The van der Waals surface area contributed by atoms with Crippen molar-refractivity contribution in [2.75, 3.05) is 39.3 Å². The Kier molecular flexibility index (Phi) is 5.84. The zero-order valence-electron chi connectivity index (χ0n) is 15.8. The first-order valence-corrected chi connectivity index (χ1v) is 10.5. The van der Waals surface area contributed by atoms with Crippen LogP contribution >= 0.6 is 0 Å². The van der Waals surface area contributed by atoms with Crippen LogP contribution in [0.5, 0.6) is 0 Å². The van der Waals surface area contributed by atoms with Gasteiger partial charge in [-0.05, 0) is 64.7 Å². The van der Waals surface area contributed by atoms with Crippen molar-refractivity contribution in [1.82, 2.24) is 30.1 Å². The number of piperidine rings is 2. The van der Waals surface area contributed by atoms with E-state index in [1.165, 1.54) is 45.2 Å². The Hall–Kier alpha value is -1.47. The van der Waals surface area contributed by atoms with Crippen LogP contribution in [0.1, 0.15) is 67.9 Å². The second-order valence-electron chi connectivity index (χ2n) is 8.06. The van der Waals surface area contributed by atoms with Crippen molar-refractivity contribution in [2.45, 2.75) is 63.5 Å². The van der Waals surface area contributed by atoms with Gasteiger partial charge in [0.2, 0.25) is 0 Å². The van der Waals surface area contributed by atoms with Crippen LogP contribution in [-0.4, -0.2) is 76.0 Å². The quantitative estimate of drug-likeness (QED) is 0.888.